The number of methoxy groups -OCH3 is 1. The van der Waals surface area contributed by atoms with Crippen LogP contribution in [-0.4, -0.2) is 14.2 Å². The van der Waals surface area contributed by atoms with Gasteiger partial charge in [0, 0.05) is 8.95 Å². The molecule has 0 saturated heterocycles. The molecular weight excluding hydrogens is 382 g/mol. The second-order valence-electron chi connectivity index (χ2n) is 4.62. The summed E-state index contributed by atoms with van der Waals surface area (Å²) in [4.78, 5) is 0. The van der Waals surface area contributed by atoms with Gasteiger partial charge in [-0.3, -0.25) is 0 Å². The van der Waals surface area contributed by atoms with Crippen molar-refractivity contribution in [3.63, 3.8) is 0 Å². The van der Waals surface area contributed by atoms with Crippen molar-refractivity contribution in [2.24, 2.45) is 0 Å². The van der Waals surface area contributed by atoms with E-state index in [1.165, 1.54) is 16.7 Å². The van der Waals surface area contributed by atoms with Gasteiger partial charge in [0.05, 0.1) is 13.2 Å². The van der Waals surface area contributed by atoms with E-state index in [2.05, 4.69) is 68.4 Å². The Hall–Kier alpha value is -0.840. The monoisotopic (exact) mass is 397 g/mol. The quantitative estimate of drug-likeness (QED) is 0.795. The maximum Gasteiger partial charge on any atom is 0.120 e. The van der Waals surface area contributed by atoms with Crippen molar-refractivity contribution in [2.75, 3.05) is 14.2 Å². The van der Waals surface area contributed by atoms with Gasteiger partial charge in [-0.2, -0.15) is 0 Å². The molecule has 0 aliphatic heterocycles. The fourth-order valence-electron chi connectivity index (χ4n) is 2.22. The molecule has 0 saturated carbocycles. The first-order valence-corrected chi connectivity index (χ1v) is 7.92. The largest absolute Gasteiger partial charge is 0.497 e. The molecule has 2 rings (SSSR count). The zero-order valence-electron chi connectivity index (χ0n) is 11.7. The van der Waals surface area contributed by atoms with Crippen LogP contribution in [0.4, 0.5) is 0 Å². The lowest BCUT2D eigenvalue weighted by Crippen LogP contribution is -2.18. The Balaban J connectivity index is 2.43. The summed E-state index contributed by atoms with van der Waals surface area (Å²) < 4.78 is 7.42. The molecule has 2 aromatic carbocycles. The molecule has 0 radical (unpaired) electrons. The molecule has 4 heteroatoms. The molecule has 0 spiro atoms. The van der Waals surface area contributed by atoms with Crippen molar-refractivity contribution in [3.05, 3.63) is 62.0 Å². The van der Waals surface area contributed by atoms with E-state index in [9.17, 15) is 0 Å². The third-order valence-electron chi connectivity index (χ3n) is 3.32. The van der Waals surface area contributed by atoms with Gasteiger partial charge in [-0.05, 0) is 48.9 Å². The summed E-state index contributed by atoms with van der Waals surface area (Å²) >= 11 is 7.17. The van der Waals surface area contributed by atoms with E-state index >= 15 is 0 Å². The predicted molar refractivity (Wildman–Crippen MR) is 90.5 cm³/mol. The molecule has 0 heterocycles. The number of nitrogens with one attached hydrogen (secondary N) is 1. The summed E-state index contributed by atoms with van der Waals surface area (Å²) in [7, 11) is 3.65. The Morgan fingerprint density at radius 1 is 1.05 bits per heavy atom. The van der Waals surface area contributed by atoms with Gasteiger partial charge in [0.15, 0.2) is 0 Å². The van der Waals surface area contributed by atoms with E-state index in [4.69, 9.17) is 4.74 Å². The molecule has 0 bridgehead atoms. The molecule has 0 aliphatic rings. The number of benzene rings is 2. The molecule has 0 aliphatic carbocycles. The lowest BCUT2D eigenvalue weighted by atomic mass is 9.97. The minimum absolute atomic E-state index is 0.141. The molecule has 2 aromatic rings. The fraction of sp³-hybridized carbons (Fsp3) is 0.250. The van der Waals surface area contributed by atoms with Gasteiger partial charge in [0.2, 0.25) is 0 Å². The van der Waals surface area contributed by atoms with Crippen molar-refractivity contribution in [1.82, 2.24) is 5.32 Å². The highest BCUT2D eigenvalue weighted by Crippen LogP contribution is 2.32. The Kier molecular flexibility index (Phi) is 5.24. The Labute approximate surface area is 136 Å². The summed E-state index contributed by atoms with van der Waals surface area (Å²) in [5.41, 5.74) is 3.65. The van der Waals surface area contributed by atoms with Crippen molar-refractivity contribution in [3.8, 4) is 5.75 Å². The van der Waals surface area contributed by atoms with E-state index in [0.717, 1.165) is 14.7 Å². The number of hydrogen-bond acceptors (Lipinski definition) is 2. The normalized spacial score (nSPS) is 12.2. The maximum atomic E-state index is 5.25. The molecule has 1 N–H and O–H groups in total. The van der Waals surface area contributed by atoms with Gasteiger partial charge in [-0.25, -0.2) is 0 Å². The van der Waals surface area contributed by atoms with E-state index in [0.29, 0.717) is 0 Å². The zero-order valence-corrected chi connectivity index (χ0v) is 14.9. The van der Waals surface area contributed by atoms with Gasteiger partial charge in [-0.1, -0.05) is 50.1 Å². The SMILES string of the molecule is CNC(c1ccc(Br)c(C)c1)c1ccc(OC)cc1Br. The molecule has 106 valence electrons. The molecule has 20 heavy (non-hydrogen) atoms. The highest BCUT2D eigenvalue weighted by atomic mass is 79.9. The lowest BCUT2D eigenvalue weighted by Gasteiger charge is -2.20. The lowest BCUT2D eigenvalue weighted by molar-refractivity contribution is 0.414. The number of hydrogen-bond donors (Lipinski definition) is 1. The van der Waals surface area contributed by atoms with Crippen LogP contribution in [0.15, 0.2) is 45.3 Å². The molecule has 1 unspecified atom stereocenters. The van der Waals surface area contributed by atoms with Gasteiger partial charge < -0.3 is 10.1 Å². The van der Waals surface area contributed by atoms with Crippen LogP contribution in [0.2, 0.25) is 0 Å². The van der Waals surface area contributed by atoms with Crippen LogP contribution in [0.1, 0.15) is 22.7 Å². The van der Waals surface area contributed by atoms with Crippen LogP contribution < -0.4 is 10.1 Å². The number of halogens is 2. The smallest absolute Gasteiger partial charge is 0.120 e. The van der Waals surface area contributed by atoms with Crippen molar-refractivity contribution >= 4 is 31.9 Å². The van der Waals surface area contributed by atoms with E-state index < -0.39 is 0 Å². The van der Waals surface area contributed by atoms with E-state index in [1.807, 2.05) is 19.2 Å². The van der Waals surface area contributed by atoms with Crippen LogP contribution >= 0.6 is 31.9 Å². The highest BCUT2D eigenvalue weighted by Gasteiger charge is 2.16. The Morgan fingerprint density at radius 2 is 1.80 bits per heavy atom. The minimum atomic E-state index is 0.141. The molecule has 0 amide bonds. The summed E-state index contributed by atoms with van der Waals surface area (Å²) in [6.07, 6.45) is 0. The number of aryl methyl sites for hydroxylation is 1. The summed E-state index contributed by atoms with van der Waals surface area (Å²) in [6.45, 7) is 2.10. The third kappa shape index (κ3) is 3.25. The Morgan fingerprint density at radius 3 is 2.35 bits per heavy atom. The number of ether oxygens (including phenoxy) is 1. The highest BCUT2D eigenvalue weighted by molar-refractivity contribution is 9.10. The molecule has 2 nitrogen and oxygen atoms in total. The molecule has 0 fully saturated rings. The third-order valence-corrected chi connectivity index (χ3v) is 4.90. The fourth-order valence-corrected chi connectivity index (χ4v) is 3.05. The first-order valence-electron chi connectivity index (χ1n) is 6.33. The second-order valence-corrected chi connectivity index (χ2v) is 6.33. The molecule has 1 atom stereocenters. The maximum absolute atomic E-state index is 5.25. The standard InChI is InChI=1S/C16H17Br2NO/c1-10-8-11(4-7-14(10)17)16(19-2)13-6-5-12(20-3)9-15(13)18/h4-9,16,19H,1-3H3. The van der Waals surface area contributed by atoms with Gasteiger partial charge >= 0.3 is 0 Å². The van der Waals surface area contributed by atoms with Crippen molar-refractivity contribution in [1.29, 1.82) is 0 Å². The minimum Gasteiger partial charge on any atom is -0.497 e. The average molecular weight is 399 g/mol. The molecular formula is C16H17Br2NO. The van der Waals surface area contributed by atoms with Crippen LogP contribution in [0, 0.1) is 6.92 Å². The van der Waals surface area contributed by atoms with Gasteiger partial charge in [0.25, 0.3) is 0 Å². The second kappa shape index (κ2) is 6.74. The summed E-state index contributed by atoms with van der Waals surface area (Å²) in [5, 5.41) is 3.37. The van der Waals surface area contributed by atoms with Crippen LogP contribution in [-0.2, 0) is 0 Å². The zero-order chi connectivity index (χ0) is 14.7. The van der Waals surface area contributed by atoms with Crippen LogP contribution in [0.5, 0.6) is 5.75 Å². The predicted octanol–water partition coefficient (Wildman–Crippen LogP) is 4.84. The van der Waals surface area contributed by atoms with Crippen molar-refractivity contribution in [2.45, 2.75) is 13.0 Å². The van der Waals surface area contributed by atoms with Gasteiger partial charge in [0.1, 0.15) is 5.75 Å². The van der Waals surface area contributed by atoms with Crippen LogP contribution in [0.3, 0.4) is 0 Å². The topological polar surface area (TPSA) is 21.3 Å². The van der Waals surface area contributed by atoms with Gasteiger partial charge in [-0.15, -0.1) is 0 Å². The first-order chi connectivity index (χ1) is 9.56. The van der Waals surface area contributed by atoms with E-state index in [1.54, 1.807) is 7.11 Å². The number of rotatable bonds is 4. The van der Waals surface area contributed by atoms with Crippen molar-refractivity contribution < 1.29 is 4.74 Å². The summed E-state index contributed by atoms with van der Waals surface area (Å²) in [6, 6.07) is 12.6. The van der Waals surface area contributed by atoms with Crippen LogP contribution in [0.25, 0.3) is 0 Å². The first kappa shape index (κ1) is 15.5. The van der Waals surface area contributed by atoms with E-state index in [-0.39, 0.29) is 6.04 Å². The summed E-state index contributed by atoms with van der Waals surface area (Å²) in [5.74, 6) is 0.850. The Bertz CT molecular complexity index is 613. The average Bonchev–Trinajstić information content (AvgIpc) is 2.45. The molecule has 0 aromatic heterocycles.